The zero-order valence-corrected chi connectivity index (χ0v) is 9.92. The van der Waals surface area contributed by atoms with Gasteiger partial charge in [-0.15, -0.1) is 0 Å². The van der Waals surface area contributed by atoms with Crippen LogP contribution in [-0.4, -0.2) is 17.0 Å². The summed E-state index contributed by atoms with van der Waals surface area (Å²) in [6.07, 6.45) is 1.59. The van der Waals surface area contributed by atoms with E-state index in [1.807, 2.05) is 27.7 Å². The van der Waals surface area contributed by atoms with Crippen LogP contribution >= 0.6 is 0 Å². The van der Waals surface area contributed by atoms with Gasteiger partial charge in [-0.1, -0.05) is 34.6 Å². The summed E-state index contributed by atoms with van der Waals surface area (Å²) >= 11 is 0. The Kier molecular flexibility index (Phi) is 2.79. The van der Waals surface area contributed by atoms with Gasteiger partial charge in [0, 0.05) is 5.92 Å². The number of Topliss-reactive ketones (excluding diaryl/α,β-unsaturated/α-hetero) is 1. The van der Waals surface area contributed by atoms with Crippen LogP contribution in [0.3, 0.4) is 0 Å². The summed E-state index contributed by atoms with van der Waals surface area (Å²) in [5.41, 5.74) is -0.604. The minimum atomic E-state index is -0.598. The van der Waals surface area contributed by atoms with Gasteiger partial charge in [0.15, 0.2) is 0 Å². The molecule has 0 heterocycles. The number of carbonyl (C=O) groups is 1. The van der Waals surface area contributed by atoms with Gasteiger partial charge < -0.3 is 5.11 Å². The van der Waals surface area contributed by atoms with Gasteiger partial charge >= 0.3 is 0 Å². The fourth-order valence-corrected chi connectivity index (χ4v) is 2.22. The quantitative estimate of drug-likeness (QED) is 0.753. The summed E-state index contributed by atoms with van der Waals surface area (Å²) in [5, 5.41) is 10.2. The van der Waals surface area contributed by atoms with Crippen molar-refractivity contribution in [2.75, 3.05) is 0 Å². The van der Waals surface area contributed by atoms with E-state index < -0.39 is 11.5 Å². The lowest BCUT2D eigenvalue weighted by molar-refractivity contribution is -0.139. The average Bonchev–Trinajstić information content (AvgIpc) is 2.82. The zero-order valence-electron chi connectivity index (χ0n) is 9.92. The van der Waals surface area contributed by atoms with Crippen molar-refractivity contribution in [3.8, 4) is 0 Å². The standard InChI is InChI=1S/C12H22O2/c1-8(2)9(13)11(3,4)10(14)12(5)6-7-12/h8,10,14H,6-7H2,1-5H3. The van der Waals surface area contributed by atoms with Gasteiger partial charge in [-0.25, -0.2) is 0 Å². The average molecular weight is 198 g/mol. The number of ketones is 1. The third-order valence-electron chi connectivity index (χ3n) is 3.54. The first-order valence-electron chi connectivity index (χ1n) is 5.44. The molecule has 1 N–H and O–H groups in total. The SMILES string of the molecule is CC(C)C(=O)C(C)(C)C(O)C1(C)CC1. The number of aliphatic hydroxyl groups is 1. The second-order valence-corrected chi connectivity index (χ2v) is 5.80. The van der Waals surface area contributed by atoms with E-state index in [2.05, 4.69) is 6.92 Å². The molecule has 0 radical (unpaired) electrons. The minimum absolute atomic E-state index is 0.00185. The monoisotopic (exact) mass is 198 g/mol. The maximum atomic E-state index is 11.9. The first kappa shape index (κ1) is 11.7. The third-order valence-corrected chi connectivity index (χ3v) is 3.54. The number of rotatable bonds is 4. The van der Waals surface area contributed by atoms with E-state index in [4.69, 9.17) is 0 Å². The highest BCUT2D eigenvalue weighted by atomic mass is 16.3. The van der Waals surface area contributed by atoms with Crippen LogP contribution in [0.4, 0.5) is 0 Å². The second kappa shape index (κ2) is 3.34. The molecule has 14 heavy (non-hydrogen) atoms. The lowest BCUT2D eigenvalue weighted by Gasteiger charge is -2.34. The van der Waals surface area contributed by atoms with E-state index in [1.165, 1.54) is 0 Å². The highest BCUT2D eigenvalue weighted by Gasteiger charge is 2.52. The third kappa shape index (κ3) is 1.85. The van der Waals surface area contributed by atoms with Crippen molar-refractivity contribution in [2.24, 2.45) is 16.7 Å². The topological polar surface area (TPSA) is 37.3 Å². The first-order valence-corrected chi connectivity index (χ1v) is 5.44. The van der Waals surface area contributed by atoms with Crippen molar-refractivity contribution < 1.29 is 9.90 Å². The van der Waals surface area contributed by atoms with Crippen molar-refractivity contribution in [3.63, 3.8) is 0 Å². The number of hydrogen-bond donors (Lipinski definition) is 1. The van der Waals surface area contributed by atoms with Gasteiger partial charge in [0.1, 0.15) is 5.78 Å². The van der Waals surface area contributed by atoms with E-state index in [0.29, 0.717) is 0 Å². The van der Waals surface area contributed by atoms with Gasteiger partial charge in [-0.2, -0.15) is 0 Å². The molecular formula is C12H22O2. The molecule has 2 heteroatoms. The highest BCUT2D eigenvalue weighted by molar-refractivity contribution is 5.86. The summed E-state index contributed by atoms with van der Waals surface area (Å²) in [6, 6.07) is 0. The molecule has 1 saturated carbocycles. The van der Waals surface area contributed by atoms with Crippen LogP contribution in [-0.2, 0) is 4.79 Å². The Bertz CT molecular complexity index is 237. The fraction of sp³-hybridized carbons (Fsp3) is 0.917. The summed E-state index contributed by atoms with van der Waals surface area (Å²) in [5.74, 6) is 0.167. The Labute approximate surface area is 86.7 Å². The smallest absolute Gasteiger partial charge is 0.143 e. The molecule has 2 nitrogen and oxygen atoms in total. The molecule has 0 bridgehead atoms. The molecule has 0 aliphatic heterocycles. The lowest BCUT2D eigenvalue weighted by Crippen LogP contribution is -2.43. The number of carbonyl (C=O) groups excluding carboxylic acids is 1. The van der Waals surface area contributed by atoms with Crippen molar-refractivity contribution in [3.05, 3.63) is 0 Å². The number of hydrogen-bond acceptors (Lipinski definition) is 2. The van der Waals surface area contributed by atoms with Crippen LogP contribution in [0.25, 0.3) is 0 Å². The Morgan fingerprint density at radius 3 is 2.07 bits per heavy atom. The molecular weight excluding hydrogens is 176 g/mol. The summed E-state index contributed by atoms with van der Waals surface area (Å²) in [7, 11) is 0. The van der Waals surface area contributed by atoms with Crippen LogP contribution in [0.15, 0.2) is 0 Å². The molecule has 1 atom stereocenters. The minimum Gasteiger partial charge on any atom is -0.392 e. The summed E-state index contributed by atoms with van der Waals surface area (Å²) in [6.45, 7) is 9.58. The van der Waals surface area contributed by atoms with Gasteiger partial charge in [-0.3, -0.25) is 4.79 Å². The van der Waals surface area contributed by atoms with E-state index >= 15 is 0 Å². The number of aliphatic hydroxyl groups excluding tert-OH is 1. The molecule has 1 fully saturated rings. The van der Waals surface area contributed by atoms with E-state index in [0.717, 1.165) is 12.8 Å². The van der Waals surface area contributed by atoms with Gasteiger partial charge in [0.2, 0.25) is 0 Å². The Morgan fingerprint density at radius 1 is 1.36 bits per heavy atom. The van der Waals surface area contributed by atoms with Gasteiger partial charge in [0.05, 0.1) is 11.5 Å². The Balaban J connectivity index is 2.78. The molecule has 1 aliphatic rings. The molecule has 0 aromatic heterocycles. The molecule has 0 amide bonds. The van der Waals surface area contributed by atoms with Crippen LogP contribution in [0.1, 0.15) is 47.5 Å². The van der Waals surface area contributed by atoms with Crippen LogP contribution in [0, 0.1) is 16.7 Å². The first-order chi connectivity index (χ1) is 6.22. The molecule has 0 spiro atoms. The van der Waals surface area contributed by atoms with Crippen LogP contribution in [0.2, 0.25) is 0 Å². The van der Waals surface area contributed by atoms with E-state index in [-0.39, 0.29) is 17.1 Å². The normalized spacial score (nSPS) is 22.2. The zero-order chi connectivity index (χ0) is 11.1. The van der Waals surface area contributed by atoms with Crippen LogP contribution < -0.4 is 0 Å². The molecule has 82 valence electrons. The predicted octanol–water partition coefficient (Wildman–Crippen LogP) is 2.40. The van der Waals surface area contributed by atoms with E-state index in [9.17, 15) is 9.90 Å². The van der Waals surface area contributed by atoms with E-state index in [1.54, 1.807) is 0 Å². The highest BCUT2D eigenvalue weighted by Crippen LogP contribution is 2.53. The Hall–Kier alpha value is -0.370. The molecule has 1 unspecified atom stereocenters. The van der Waals surface area contributed by atoms with Crippen molar-refractivity contribution in [2.45, 2.75) is 53.6 Å². The lowest BCUT2D eigenvalue weighted by atomic mass is 9.72. The molecule has 1 rings (SSSR count). The summed E-state index contributed by atoms with van der Waals surface area (Å²) in [4.78, 5) is 11.9. The largest absolute Gasteiger partial charge is 0.392 e. The maximum absolute atomic E-state index is 11.9. The van der Waals surface area contributed by atoms with Crippen LogP contribution in [0.5, 0.6) is 0 Å². The van der Waals surface area contributed by atoms with Crippen molar-refractivity contribution >= 4 is 5.78 Å². The fourth-order valence-electron chi connectivity index (χ4n) is 2.22. The second-order valence-electron chi connectivity index (χ2n) is 5.80. The van der Waals surface area contributed by atoms with Crippen molar-refractivity contribution in [1.29, 1.82) is 0 Å². The maximum Gasteiger partial charge on any atom is 0.143 e. The summed E-state index contributed by atoms with van der Waals surface area (Å²) < 4.78 is 0. The molecule has 0 aromatic carbocycles. The van der Waals surface area contributed by atoms with Gasteiger partial charge in [-0.05, 0) is 18.3 Å². The molecule has 1 aliphatic carbocycles. The predicted molar refractivity (Wildman–Crippen MR) is 57.0 cm³/mol. The molecule has 0 aromatic rings. The molecule has 0 saturated heterocycles. The van der Waals surface area contributed by atoms with Crippen molar-refractivity contribution in [1.82, 2.24) is 0 Å². The Morgan fingerprint density at radius 2 is 1.79 bits per heavy atom. The van der Waals surface area contributed by atoms with Gasteiger partial charge in [0.25, 0.3) is 0 Å².